The second-order valence-electron chi connectivity index (χ2n) is 5.61. The van der Waals surface area contributed by atoms with Crippen molar-refractivity contribution in [2.24, 2.45) is 11.7 Å². The number of hydrogen-bond donors (Lipinski definition) is 2. The molecule has 1 aliphatic rings. The summed E-state index contributed by atoms with van der Waals surface area (Å²) >= 11 is 0. The third kappa shape index (κ3) is 3.93. The molecule has 4 heteroatoms. The zero-order valence-electron chi connectivity index (χ0n) is 11.7. The molecule has 0 aliphatic carbocycles. The molecule has 2 rings (SSSR count). The molecule has 1 aromatic rings. The van der Waals surface area contributed by atoms with Crippen molar-refractivity contribution in [1.82, 2.24) is 4.90 Å². The zero-order valence-corrected chi connectivity index (χ0v) is 11.7. The van der Waals surface area contributed by atoms with E-state index >= 15 is 0 Å². The fraction of sp³-hybridized carbons (Fsp3) is 0.600. The van der Waals surface area contributed by atoms with Gasteiger partial charge in [0.25, 0.3) is 0 Å². The van der Waals surface area contributed by atoms with Crippen molar-refractivity contribution >= 4 is 0 Å². The molecule has 1 aliphatic heterocycles. The van der Waals surface area contributed by atoms with Gasteiger partial charge < -0.3 is 15.6 Å². The van der Waals surface area contributed by atoms with Crippen LogP contribution in [-0.2, 0) is 0 Å². The summed E-state index contributed by atoms with van der Waals surface area (Å²) in [6.45, 7) is 4.72. The number of aliphatic hydroxyl groups excluding tert-OH is 1. The third-order valence-corrected chi connectivity index (χ3v) is 3.68. The first-order valence-electron chi connectivity index (χ1n) is 6.88. The molecule has 0 bridgehead atoms. The number of piperidine rings is 1. The Hall–Kier alpha value is -1.10. The van der Waals surface area contributed by atoms with Gasteiger partial charge in [0.15, 0.2) is 0 Å². The minimum absolute atomic E-state index is 0.223. The molecular formula is C15H24N2O2. The van der Waals surface area contributed by atoms with Crippen LogP contribution in [0, 0.1) is 5.92 Å². The SMILES string of the molecule is COc1cccc(C(O)CN2CC(C)CC(N)C2)c1. The van der Waals surface area contributed by atoms with Gasteiger partial charge in [-0.25, -0.2) is 0 Å². The second kappa shape index (κ2) is 6.37. The molecule has 0 radical (unpaired) electrons. The Kier molecular flexibility index (Phi) is 4.80. The van der Waals surface area contributed by atoms with Crippen LogP contribution in [0.3, 0.4) is 0 Å². The average molecular weight is 264 g/mol. The summed E-state index contributed by atoms with van der Waals surface area (Å²) in [5.74, 6) is 1.38. The van der Waals surface area contributed by atoms with Gasteiger partial charge in [-0.2, -0.15) is 0 Å². The third-order valence-electron chi connectivity index (χ3n) is 3.68. The molecule has 3 unspecified atom stereocenters. The highest BCUT2D eigenvalue weighted by molar-refractivity contribution is 5.29. The van der Waals surface area contributed by atoms with Crippen LogP contribution in [0.4, 0.5) is 0 Å². The molecule has 1 fully saturated rings. The number of hydrogen-bond acceptors (Lipinski definition) is 4. The molecule has 3 N–H and O–H groups in total. The maximum absolute atomic E-state index is 10.3. The van der Waals surface area contributed by atoms with E-state index in [1.54, 1.807) is 7.11 Å². The summed E-state index contributed by atoms with van der Waals surface area (Å²) in [5.41, 5.74) is 6.93. The number of rotatable bonds is 4. The van der Waals surface area contributed by atoms with E-state index in [4.69, 9.17) is 10.5 Å². The van der Waals surface area contributed by atoms with E-state index in [9.17, 15) is 5.11 Å². The summed E-state index contributed by atoms with van der Waals surface area (Å²) < 4.78 is 5.18. The first kappa shape index (κ1) is 14.3. The van der Waals surface area contributed by atoms with E-state index in [0.717, 1.165) is 30.8 Å². The fourth-order valence-electron chi connectivity index (χ4n) is 2.86. The number of nitrogens with two attached hydrogens (primary N) is 1. The quantitative estimate of drug-likeness (QED) is 0.863. The molecule has 0 aromatic heterocycles. The summed E-state index contributed by atoms with van der Waals surface area (Å²) in [6.07, 6.45) is 0.582. The average Bonchev–Trinajstić information content (AvgIpc) is 2.37. The monoisotopic (exact) mass is 264 g/mol. The highest BCUT2D eigenvalue weighted by Gasteiger charge is 2.24. The van der Waals surface area contributed by atoms with Gasteiger partial charge in [0, 0.05) is 25.7 Å². The predicted octanol–water partition coefficient (Wildman–Crippen LogP) is 1.40. The summed E-state index contributed by atoms with van der Waals surface area (Å²) in [7, 11) is 1.64. The van der Waals surface area contributed by atoms with Crippen LogP contribution in [0.25, 0.3) is 0 Å². The van der Waals surface area contributed by atoms with E-state index < -0.39 is 6.10 Å². The predicted molar refractivity (Wildman–Crippen MR) is 76.2 cm³/mol. The maximum atomic E-state index is 10.3. The smallest absolute Gasteiger partial charge is 0.119 e. The highest BCUT2D eigenvalue weighted by atomic mass is 16.5. The summed E-state index contributed by atoms with van der Waals surface area (Å²) in [6, 6.07) is 7.83. The summed E-state index contributed by atoms with van der Waals surface area (Å²) in [4.78, 5) is 2.25. The molecule has 4 nitrogen and oxygen atoms in total. The normalized spacial score (nSPS) is 26.1. The lowest BCUT2D eigenvalue weighted by Crippen LogP contribution is -2.47. The Morgan fingerprint density at radius 1 is 1.47 bits per heavy atom. The molecule has 0 spiro atoms. The fourth-order valence-corrected chi connectivity index (χ4v) is 2.86. The van der Waals surface area contributed by atoms with Crippen molar-refractivity contribution in [2.45, 2.75) is 25.5 Å². The lowest BCUT2D eigenvalue weighted by Gasteiger charge is -2.35. The topological polar surface area (TPSA) is 58.7 Å². The van der Waals surface area contributed by atoms with E-state index in [-0.39, 0.29) is 6.04 Å². The lowest BCUT2D eigenvalue weighted by molar-refractivity contribution is 0.0807. The van der Waals surface area contributed by atoms with E-state index in [0.29, 0.717) is 12.5 Å². The Labute approximate surface area is 115 Å². The molecule has 3 atom stereocenters. The summed E-state index contributed by atoms with van der Waals surface area (Å²) in [5, 5.41) is 10.3. The van der Waals surface area contributed by atoms with Crippen LogP contribution in [-0.4, -0.2) is 42.8 Å². The highest BCUT2D eigenvalue weighted by Crippen LogP contribution is 2.22. The van der Waals surface area contributed by atoms with Crippen LogP contribution in [0.15, 0.2) is 24.3 Å². The number of methoxy groups -OCH3 is 1. The van der Waals surface area contributed by atoms with Gasteiger partial charge in [-0.15, -0.1) is 0 Å². The number of β-amino-alcohol motifs (C(OH)–C–C–N with tert-alkyl or cyclic N) is 1. The Balaban J connectivity index is 1.97. The van der Waals surface area contributed by atoms with Crippen LogP contribution < -0.4 is 10.5 Å². The Morgan fingerprint density at radius 2 is 2.26 bits per heavy atom. The molecule has 1 saturated heterocycles. The molecule has 1 heterocycles. The number of ether oxygens (including phenoxy) is 1. The van der Waals surface area contributed by atoms with Crippen molar-refractivity contribution in [2.75, 3.05) is 26.7 Å². The zero-order chi connectivity index (χ0) is 13.8. The van der Waals surface area contributed by atoms with E-state index in [2.05, 4.69) is 11.8 Å². The second-order valence-corrected chi connectivity index (χ2v) is 5.61. The molecule has 19 heavy (non-hydrogen) atoms. The first-order valence-corrected chi connectivity index (χ1v) is 6.88. The van der Waals surface area contributed by atoms with Gasteiger partial charge in [0.2, 0.25) is 0 Å². The maximum Gasteiger partial charge on any atom is 0.119 e. The number of benzene rings is 1. The Morgan fingerprint density at radius 3 is 2.95 bits per heavy atom. The van der Waals surface area contributed by atoms with Gasteiger partial charge in [0.05, 0.1) is 13.2 Å². The molecule has 1 aromatic carbocycles. The number of likely N-dealkylation sites (tertiary alicyclic amines) is 1. The van der Waals surface area contributed by atoms with Crippen LogP contribution in [0.5, 0.6) is 5.75 Å². The lowest BCUT2D eigenvalue weighted by atomic mass is 9.96. The number of aliphatic hydroxyl groups is 1. The van der Waals surface area contributed by atoms with Crippen LogP contribution >= 0.6 is 0 Å². The number of nitrogens with zero attached hydrogens (tertiary/aromatic N) is 1. The molecular weight excluding hydrogens is 240 g/mol. The van der Waals surface area contributed by atoms with E-state index in [1.165, 1.54) is 0 Å². The van der Waals surface area contributed by atoms with Gasteiger partial charge >= 0.3 is 0 Å². The minimum atomic E-state index is -0.493. The molecule has 0 amide bonds. The Bertz CT molecular complexity index is 401. The van der Waals surface area contributed by atoms with Gasteiger partial charge in [-0.1, -0.05) is 19.1 Å². The van der Waals surface area contributed by atoms with Crippen LogP contribution in [0.1, 0.15) is 25.0 Å². The molecule has 0 saturated carbocycles. The van der Waals surface area contributed by atoms with Crippen molar-refractivity contribution in [3.63, 3.8) is 0 Å². The minimum Gasteiger partial charge on any atom is -0.497 e. The first-order chi connectivity index (χ1) is 9.08. The van der Waals surface area contributed by atoms with Crippen molar-refractivity contribution in [1.29, 1.82) is 0 Å². The molecule has 106 valence electrons. The van der Waals surface area contributed by atoms with Gasteiger partial charge in [-0.3, -0.25) is 4.90 Å². The standard InChI is InChI=1S/C15H24N2O2/c1-11-6-13(16)9-17(8-11)10-15(18)12-4-3-5-14(7-12)19-2/h3-5,7,11,13,15,18H,6,8-10,16H2,1-2H3. The van der Waals surface area contributed by atoms with Crippen molar-refractivity contribution in [3.8, 4) is 5.75 Å². The van der Waals surface area contributed by atoms with E-state index in [1.807, 2.05) is 24.3 Å². The van der Waals surface area contributed by atoms with Crippen molar-refractivity contribution in [3.05, 3.63) is 29.8 Å². The van der Waals surface area contributed by atoms with Crippen LogP contribution in [0.2, 0.25) is 0 Å². The largest absolute Gasteiger partial charge is 0.497 e. The van der Waals surface area contributed by atoms with Gasteiger partial charge in [-0.05, 0) is 30.0 Å². The van der Waals surface area contributed by atoms with Crippen molar-refractivity contribution < 1.29 is 9.84 Å². The van der Waals surface area contributed by atoms with Gasteiger partial charge in [0.1, 0.15) is 5.75 Å².